The van der Waals surface area contributed by atoms with Gasteiger partial charge < -0.3 is 10.1 Å². The van der Waals surface area contributed by atoms with Crippen LogP contribution in [0.15, 0.2) is 36.7 Å². The van der Waals surface area contributed by atoms with Gasteiger partial charge in [0, 0.05) is 6.04 Å². The highest BCUT2D eigenvalue weighted by Gasteiger charge is 2.13. The Hall–Kier alpha value is -1.88. The van der Waals surface area contributed by atoms with Crippen LogP contribution in [0.25, 0.3) is 5.69 Å². The summed E-state index contributed by atoms with van der Waals surface area (Å²) >= 11 is 0. The summed E-state index contributed by atoms with van der Waals surface area (Å²) in [4.78, 5) is 4.18. The van der Waals surface area contributed by atoms with E-state index in [9.17, 15) is 0 Å². The summed E-state index contributed by atoms with van der Waals surface area (Å²) in [5.74, 6) is 0. The molecule has 0 radical (unpaired) electrons. The zero-order valence-electron chi connectivity index (χ0n) is 12.2. The van der Waals surface area contributed by atoms with E-state index in [1.54, 1.807) is 11.0 Å². The first-order valence-electron chi connectivity index (χ1n) is 7.75. The Morgan fingerprint density at radius 2 is 2.00 bits per heavy atom. The largest absolute Gasteiger partial charge is 0.462 e. The quantitative estimate of drug-likeness (QED) is 0.795. The van der Waals surface area contributed by atoms with Gasteiger partial charge in [-0.2, -0.15) is 4.98 Å². The molecular formula is C16H22N4O. The monoisotopic (exact) mass is 286 g/mol. The molecule has 0 aliphatic heterocycles. The minimum absolute atomic E-state index is 0.444. The molecule has 0 bridgehead atoms. The number of para-hydroxylation sites is 1. The van der Waals surface area contributed by atoms with Gasteiger partial charge in [0.15, 0.2) is 0 Å². The molecule has 1 aliphatic rings. The van der Waals surface area contributed by atoms with Crippen molar-refractivity contribution in [1.29, 1.82) is 0 Å². The first-order chi connectivity index (χ1) is 10.4. The Kier molecular flexibility index (Phi) is 4.84. The Morgan fingerprint density at radius 3 is 2.81 bits per heavy atom. The maximum absolute atomic E-state index is 5.59. The van der Waals surface area contributed by atoms with E-state index in [-0.39, 0.29) is 0 Å². The molecule has 1 aromatic carbocycles. The first kappa shape index (κ1) is 14.1. The summed E-state index contributed by atoms with van der Waals surface area (Å²) in [7, 11) is 0. The molecule has 2 aromatic rings. The van der Waals surface area contributed by atoms with Gasteiger partial charge >= 0.3 is 6.01 Å². The van der Waals surface area contributed by atoms with Gasteiger partial charge in [-0.3, -0.25) is 0 Å². The average Bonchev–Trinajstić information content (AvgIpc) is 3.19. The van der Waals surface area contributed by atoms with E-state index in [0.29, 0.717) is 12.6 Å². The van der Waals surface area contributed by atoms with Gasteiger partial charge in [-0.25, -0.2) is 4.68 Å². The van der Waals surface area contributed by atoms with Gasteiger partial charge in [0.05, 0.1) is 12.3 Å². The molecule has 0 amide bonds. The lowest BCUT2D eigenvalue weighted by molar-refractivity contribution is 0.282. The standard InChI is InChI=1S/C16H22N4O/c1-2-9-15(10-3-1)20-13-18-16(19-20)21-12-6-11-17-14-7-4-5-8-14/h1-3,9-10,13-14,17H,4-8,11-12H2. The van der Waals surface area contributed by atoms with Crippen LogP contribution in [-0.4, -0.2) is 34.0 Å². The van der Waals surface area contributed by atoms with Crippen LogP contribution in [0.2, 0.25) is 0 Å². The Bertz CT molecular complexity index is 534. The molecule has 0 saturated heterocycles. The van der Waals surface area contributed by atoms with E-state index < -0.39 is 0 Å². The number of nitrogens with zero attached hydrogens (tertiary/aromatic N) is 3. The minimum atomic E-state index is 0.444. The van der Waals surface area contributed by atoms with Crippen LogP contribution in [-0.2, 0) is 0 Å². The molecule has 0 unspecified atom stereocenters. The molecule has 5 nitrogen and oxygen atoms in total. The number of rotatable bonds is 7. The third-order valence-electron chi connectivity index (χ3n) is 3.83. The molecule has 1 fully saturated rings. The summed E-state index contributed by atoms with van der Waals surface area (Å²) in [5, 5.41) is 7.89. The summed E-state index contributed by atoms with van der Waals surface area (Å²) in [6.45, 7) is 1.66. The normalized spacial score (nSPS) is 15.4. The lowest BCUT2D eigenvalue weighted by atomic mass is 10.2. The molecule has 0 atom stereocenters. The third kappa shape index (κ3) is 4.04. The summed E-state index contributed by atoms with van der Waals surface area (Å²) < 4.78 is 7.32. The molecule has 112 valence electrons. The van der Waals surface area contributed by atoms with Crippen LogP contribution in [0.1, 0.15) is 32.1 Å². The second-order valence-electron chi connectivity index (χ2n) is 5.44. The summed E-state index contributed by atoms with van der Waals surface area (Å²) in [6, 6.07) is 11.1. The highest BCUT2D eigenvalue weighted by atomic mass is 16.5. The predicted octanol–water partition coefficient (Wildman–Crippen LogP) is 2.57. The molecule has 1 aliphatic carbocycles. The molecule has 0 spiro atoms. The van der Waals surface area contributed by atoms with E-state index >= 15 is 0 Å². The van der Waals surface area contributed by atoms with Crippen molar-refractivity contribution in [3.8, 4) is 11.7 Å². The van der Waals surface area contributed by atoms with Gasteiger partial charge in [0.1, 0.15) is 6.33 Å². The molecule has 5 heteroatoms. The van der Waals surface area contributed by atoms with Crippen LogP contribution >= 0.6 is 0 Å². The van der Waals surface area contributed by atoms with Gasteiger partial charge in [-0.1, -0.05) is 31.0 Å². The maximum atomic E-state index is 5.59. The molecule has 1 aromatic heterocycles. The van der Waals surface area contributed by atoms with Crippen molar-refractivity contribution >= 4 is 0 Å². The van der Waals surface area contributed by atoms with E-state index in [1.165, 1.54) is 25.7 Å². The molecule has 1 heterocycles. The summed E-state index contributed by atoms with van der Waals surface area (Å²) in [5.41, 5.74) is 0.989. The van der Waals surface area contributed by atoms with Crippen LogP contribution in [0.3, 0.4) is 0 Å². The Labute approximate surface area is 125 Å². The minimum Gasteiger partial charge on any atom is -0.462 e. The van der Waals surface area contributed by atoms with Crippen molar-refractivity contribution in [2.24, 2.45) is 0 Å². The highest BCUT2D eigenvalue weighted by Crippen LogP contribution is 2.17. The van der Waals surface area contributed by atoms with Crippen LogP contribution in [0, 0.1) is 0 Å². The van der Waals surface area contributed by atoms with Gasteiger partial charge in [-0.15, -0.1) is 5.10 Å². The zero-order valence-corrected chi connectivity index (χ0v) is 12.2. The second kappa shape index (κ2) is 7.22. The molecule has 3 rings (SSSR count). The van der Waals surface area contributed by atoms with Crippen LogP contribution < -0.4 is 10.1 Å². The smallest absolute Gasteiger partial charge is 0.335 e. The number of aromatic nitrogens is 3. The Morgan fingerprint density at radius 1 is 1.19 bits per heavy atom. The highest BCUT2D eigenvalue weighted by molar-refractivity contribution is 5.29. The number of benzene rings is 1. The van der Waals surface area contributed by atoms with E-state index in [4.69, 9.17) is 4.74 Å². The number of nitrogens with one attached hydrogen (secondary N) is 1. The van der Waals surface area contributed by atoms with Crippen molar-refractivity contribution < 1.29 is 4.74 Å². The zero-order chi connectivity index (χ0) is 14.3. The van der Waals surface area contributed by atoms with Crippen LogP contribution in [0.4, 0.5) is 0 Å². The lowest BCUT2D eigenvalue weighted by Crippen LogP contribution is -2.27. The molecular weight excluding hydrogens is 264 g/mol. The van der Waals surface area contributed by atoms with Gasteiger partial charge in [0.2, 0.25) is 0 Å². The van der Waals surface area contributed by atoms with E-state index in [1.807, 2.05) is 30.3 Å². The molecule has 1 saturated carbocycles. The van der Waals surface area contributed by atoms with Crippen molar-refractivity contribution in [3.05, 3.63) is 36.7 Å². The molecule has 21 heavy (non-hydrogen) atoms. The van der Waals surface area contributed by atoms with Crippen LogP contribution in [0.5, 0.6) is 6.01 Å². The Balaban J connectivity index is 1.39. The van der Waals surface area contributed by atoms with Crippen molar-refractivity contribution in [2.75, 3.05) is 13.2 Å². The van der Waals surface area contributed by atoms with E-state index in [0.717, 1.165) is 24.7 Å². The number of hydrogen-bond donors (Lipinski definition) is 1. The van der Waals surface area contributed by atoms with Gasteiger partial charge in [0.25, 0.3) is 0 Å². The maximum Gasteiger partial charge on any atom is 0.335 e. The van der Waals surface area contributed by atoms with E-state index in [2.05, 4.69) is 15.4 Å². The number of ether oxygens (including phenoxy) is 1. The fourth-order valence-corrected chi connectivity index (χ4v) is 2.69. The lowest BCUT2D eigenvalue weighted by Gasteiger charge is -2.10. The van der Waals surface area contributed by atoms with Crippen molar-refractivity contribution in [2.45, 2.75) is 38.1 Å². The average molecular weight is 286 g/mol. The molecule has 1 N–H and O–H groups in total. The first-order valence-corrected chi connectivity index (χ1v) is 7.75. The van der Waals surface area contributed by atoms with Crippen molar-refractivity contribution in [1.82, 2.24) is 20.1 Å². The fraction of sp³-hybridized carbons (Fsp3) is 0.500. The fourth-order valence-electron chi connectivity index (χ4n) is 2.69. The topological polar surface area (TPSA) is 52.0 Å². The van der Waals surface area contributed by atoms with Crippen molar-refractivity contribution in [3.63, 3.8) is 0 Å². The SMILES string of the molecule is c1ccc(-n2cnc(OCCCNC3CCCC3)n2)cc1. The summed E-state index contributed by atoms with van der Waals surface area (Å²) in [6.07, 6.45) is 8.05. The number of hydrogen-bond acceptors (Lipinski definition) is 4. The predicted molar refractivity (Wildman–Crippen MR) is 81.7 cm³/mol. The second-order valence-corrected chi connectivity index (χ2v) is 5.44. The third-order valence-corrected chi connectivity index (χ3v) is 3.83. The van der Waals surface area contributed by atoms with Gasteiger partial charge in [-0.05, 0) is 37.9 Å².